The quantitative estimate of drug-likeness (QED) is 0.637. The summed E-state index contributed by atoms with van der Waals surface area (Å²) in [6, 6.07) is 15.4. The number of esters is 1. The Labute approximate surface area is 165 Å². The Kier molecular flexibility index (Phi) is 8.34. The van der Waals surface area contributed by atoms with Crippen LogP contribution < -0.4 is 14.8 Å². The summed E-state index contributed by atoms with van der Waals surface area (Å²) in [5, 5.41) is 2.79. The molecule has 0 fully saturated rings. The number of benzene rings is 2. The maximum Gasteiger partial charge on any atom is 0.306 e. The second-order valence-electron chi connectivity index (χ2n) is 6.31. The molecule has 1 amide bonds. The zero-order chi connectivity index (χ0) is 20.4. The Morgan fingerprint density at radius 3 is 2.39 bits per heavy atom. The van der Waals surface area contributed by atoms with Gasteiger partial charge in [-0.2, -0.15) is 0 Å². The van der Waals surface area contributed by atoms with E-state index in [4.69, 9.17) is 14.2 Å². The first-order valence-corrected chi connectivity index (χ1v) is 9.26. The third-order valence-electron chi connectivity index (χ3n) is 4.32. The summed E-state index contributed by atoms with van der Waals surface area (Å²) in [6.45, 7) is 2.06. The maximum absolute atomic E-state index is 12.1. The van der Waals surface area contributed by atoms with Crippen LogP contribution in [0.3, 0.4) is 0 Å². The highest BCUT2D eigenvalue weighted by Crippen LogP contribution is 2.31. The number of methoxy groups -OCH3 is 2. The molecule has 6 heteroatoms. The van der Waals surface area contributed by atoms with Crippen LogP contribution in [0.2, 0.25) is 0 Å². The molecule has 0 bridgehead atoms. The number of nitrogens with one attached hydrogen (secondary N) is 1. The zero-order valence-corrected chi connectivity index (χ0v) is 16.6. The lowest BCUT2D eigenvalue weighted by Crippen LogP contribution is -2.36. The first kappa shape index (κ1) is 21.3. The second kappa shape index (κ2) is 11.0. The van der Waals surface area contributed by atoms with Crippen LogP contribution in [0.15, 0.2) is 48.5 Å². The van der Waals surface area contributed by atoms with Crippen LogP contribution in [0.4, 0.5) is 0 Å². The summed E-state index contributed by atoms with van der Waals surface area (Å²) in [7, 11) is 3.12. The molecule has 0 aliphatic heterocycles. The predicted octanol–water partition coefficient (Wildman–Crippen LogP) is 2.93. The average molecular weight is 385 g/mol. The van der Waals surface area contributed by atoms with Crippen LogP contribution >= 0.6 is 0 Å². The smallest absolute Gasteiger partial charge is 0.306 e. The lowest BCUT2D eigenvalue weighted by molar-refractivity contribution is -0.154. The fourth-order valence-electron chi connectivity index (χ4n) is 2.82. The van der Waals surface area contributed by atoms with Gasteiger partial charge in [-0.1, -0.05) is 42.5 Å². The number of hydrogen-bond donors (Lipinski definition) is 1. The second-order valence-corrected chi connectivity index (χ2v) is 6.31. The number of carbonyl (C=O) groups excluding carboxylic acids is 2. The Bertz CT molecular complexity index is 776. The molecule has 0 saturated carbocycles. The number of hydrogen-bond acceptors (Lipinski definition) is 5. The molecule has 0 aromatic heterocycles. The van der Waals surface area contributed by atoms with Gasteiger partial charge < -0.3 is 19.5 Å². The first-order valence-electron chi connectivity index (χ1n) is 9.26. The average Bonchev–Trinajstić information content (AvgIpc) is 2.72. The molecule has 2 rings (SSSR count). The minimum absolute atomic E-state index is 0.144. The summed E-state index contributed by atoms with van der Waals surface area (Å²) < 4.78 is 15.9. The van der Waals surface area contributed by atoms with Gasteiger partial charge in [-0.25, -0.2) is 0 Å². The van der Waals surface area contributed by atoms with E-state index in [2.05, 4.69) is 5.32 Å². The number of rotatable bonds is 10. The third-order valence-corrected chi connectivity index (χ3v) is 4.32. The van der Waals surface area contributed by atoms with E-state index in [9.17, 15) is 9.59 Å². The summed E-state index contributed by atoms with van der Waals surface area (Å²) >= 11 is 0. The van der Waals surface area contributed by atoms with Crippen LogP contribution in [-0.4, -0.2) is 38.7 Å². The molecule has 2 aromatic carbocycles. The van der Waals surface area contributed by atoms with E-state index in [0.717, 1.165) is 17.5 Å². The van der Waals surface area contributed by atoms with E-state index in [1.54, 1.807) is 27.2 Å². The van der Waals surface area contributed by atoms with Crippen LogP contribution in [0.1, 0.15) is 24.5 Å². The molecule has 6 nitrogen and oxygen atoms in total. The van der Waals surface area contributed by atoms with E-state index < -0.39 is 12.1 Å². The van der Waals surface area contributed by atoms with Crippen molar-refractivity contribution in [1.29, 1.82) is 0 Å². The van der Waals surface area contributed by atoms with Crippen molar-refractivity contribution < 1.29 is 23.8 Å². The Hall–Kier alpha value is -3.02. The molecule has 2 aromatic rings. The van der Waals surface area contributed by atoms with E-state index >= 15 is 0 Å². The standard InChI is InChI=1S/C22H27NO5/c1-16(22(25)23-15-14-17-8-5-4-6-9-17)28-20(24)13-12-18-10-7-11-19(26-2)21(18)27-3/h4-11,16H,12-15H2,1-3H3,(H,23,25). The lowest BCUT2D eigenvalue weighted by atomic mass is 10.1. The van der Waals surface area contributed by atoms with Crippen molar-refractivity contribution in [3.63, 3.8) is 0 Å². The Balaban J connectivity index is 1.77. The predicted molar refractivity (Wildman–Crippen MR) is 107 cm³/mol. The van der Waals surface area contributed by atoms with E-state index in [1.165, 1.54) is 0 Å². The van der Waals surface area contributed by atoms with Crippen LogP contribution in [0.25, 0.3) is 0 Å². The highest BCUT2D eigenvalue weighted by Gasteiger charge is 2.18. The largest absolute Gasteiger partial charge is 0.493 e. The van der Waals surface area contributed by atoms with Crippen molar-refractivity contribution in [2.24, 2.45) is 0 Å². The number of ether oxygens (including phenoxy) is 3. The monoisotopic (exact) mass is 385 g/mol. The summed E-state index contributed by atoms with van der Waals surface area (Å²) in [4.78, 5) is 24.2. The van der Waals surface area contributed by atoms with Crippen LogP contribution in [0, 0.1) is 0 Å². The zero-order valence-electron chi connectivity index (χ0n) is 16.6. The van der Waals surface area contributed by atoms with Crippen molar-refractivity contribution in [3.05, 3.63) is 59.7 Å². The van der Waals surface area contributed by atoms with E-state index in [1.807, 2.05) is 42.5 Å². The minimum Gasteiger partial charge on any atom is -0.493 e. The van der Waals surface area contributed by atoms with Crippen molar-refractivity contribution in [2.75, 3.05) is 20.8 Å². The minimum atomic E-state index is -0.838. The summed E-state index contributed by atoms with van der Waals surface area (Å²) in [5.41, 5.74) is 1.98. The molecule has 0 aliphatic rings. The Morgan fingerprint density at radius 2 is 1.71 bits per heavy atom. The first-order chi connectivity index (χ1) is 13.5. The van der Waals surface area contributed by atoms with Gasteiger partial charge in [-0.3, -0.25) is 9.59 Å². The van der Waals surface area contributed by atoms with Gasteiger partial charge in [0.2, 0.25) is 0 Å². The topological polar surface area (TPSA) is 73.9 Å². The molecule has 0 radical (unpaired) electrons. The third kappa shape index (κ3) is 6.30. The fraction of sp³-hybridized carbons (Fsp3) is 0.364. The van der Waals surface area contributed by atoms with Gasteiger partial charge >= 0.3 is 5.97 Å². The van der Waals surface area contributed by atoms with Gasteiger partial charge in [0.05, 0.1) is 14.2 Å². The molecule has 0 saturated heterocycles. The summed E-state index contributed by atoms with van der Waals surface area (Å²) in [5.74, 6) is 0.475. The van der Waals surface area contributed by atoms with Crippen molar-refractivity contribution >= 4 is 11.9 Å². The van der Waals surface area contributed by atoms with Gasteiger partial charge in [0, 0.05) is 13.0 Å². The molecule has 0 spiro atoms. The molecule has 1 unspecified atom stereocenters. The van der Waals surface area contributed by atoms with Crippen molar-refractivity contribution in [1.82, 2.24) is 5.32 Å². The van der Waals surface area contributed by atoms with Crippen molar-refractivity contribution in [2.45, 2.75) is 32.3 Å². The highest BCUT2D eigenvalue weighted by molar-refractivity contribution is 5.83. The van der Waals surface area contributed by atoms with Crippen molar-refractivity contribution in [3.8, 4) is 11.5 Å². The number of para-hydroxylation sites is 1. The molecular formula is C22H27NO5. The molecule has 150 valence electrons. The maximum atomic E-state index is 12.1. The number of aryl methyl sites for hydroxylation is 1. The fourth-order valence-corrected chi connectivity index (χ4v) is 2.82. The molecular weight excluding hydrogens is 358 g/mol. The summed E-state index contributed by atoms with van der Waals surface area (Å²) in [6.07, 6.45) is 0.464. The molecule has 1 N–H and O–H groups in total. The molecule has 0 heterocycles. The molecule has 1 atom stereocenters. The highest BCUT2D eigenvalue weighted by atomic mass is 16.5. The van der Waals surface area contributed by atoms with Gasteiger partial charge in [-0.15, -0.1) is 0 Å². The van der Waals surface area contributed by atoms with Gasteiger partial charge in [-0.05, 0) is 37.0 Å². The Morgan fingerprint density at radius 1 is 0.964 bits per heavy atom. The number of carbonyl (C=O) groups is 2. The molecule has 28 heavy (non-hydrogen) atoms. The SMILES string of the molecule is COc1cccc(CCC(=O)OC(C)C(=O)NCCc2ccccc2)c1OC. The van der Waals surface area contributed by atoms with Crippen LogP contribution in [-0.2, 0) is 27.2 Å². The van der Waals surface area contributed by atoms with E-state index in [-0.39, 0.29) is 12.3 Å². The lowest BCUT2D eigenvalue weighted by Gasteiger charge is -2.15. The van der Waals surface area contributed by atoms with Gasteiger partial charge in [0.25, 0.3) is 5.91 Å². The normalized spacial score (nSPS) is 11.4. The van der Waals surface area contributed by atoms with Gasteiger partial charge in [0.15, 0.2) is 17.6 Å². The molecule has 0 aliphatic carbocycles. The van der Waals surface area contributed by atoms with Crippen LogP contribution in [0.5, 0.6) is 11.5 Å². The van der Waals surface area contributed by atoms with E-state index in [0.29, 0.717) is 24.5 Å². The van der Waals surface area contributed by atoms with Gasteiger partial charge in [0.1, 0.15) is 0 Å². The number of amides is 1.